The Balaban J connectivity index is 2.22. The third-order valence-corrected chi connectivity index (χ3v) is 4.71. The van der Waals surface area contributed by atoms with Gasteiger partial charge in [-0.3, -0.25) is 9.59 Å². The van der Waals surface area contributed by atoms with Crippen LogP contribution in [0.5, 0.6) is 0 Å². The Hall–Kier alpha value is -2.76. The molecule has 1 N–H and O–H groups in total. The van der Waals surface area contributed by atoms with Gasteiger partial charge >= 0.3 is 0 Å². The molecule has 1 amide bonds. The maximum Gasteiger partial charge on any atom is 0.269 e. The van der Waals surface area contributed by atoms with E-state index in [1.54, 1.807) is 6.92 Å². The van der Waals surface area contributed by atoms with Crippen LogP contribution >= 0.6 is 15.9 Å². The van der Waals surface area contributed by atoms with Gasteiger partial charge in [0.15, 0.2) is 0 Å². The van der Waals surface area contributed by atoms with Crippen LogP contribution in [0, 0.1) is 18.3 Å². The molecule has 0 spiro atoms. The number of carbonyl (C=O) groups is 1. The number of methoxy groups -OCH3 is 1. The second-order valence-electron chi connectivity index (χ2n) is 5.39. The lowest BCUT2D eigenvalue weighted by Gasteiger charge is -2.15. The Morgan fingerprint density at radius 1 is 1.42 bits per heavy atom. The van der Waals surface area contributed by atoms with E-state index < -0.39 is 11.5 Å². The van der Waals surface area contributed by atoms with Crippen molar-refractivity contribution in [2.24, 2.45) is 5.10 Å². The van der Waals surface area contributed by atoms with Crippen LogP contribution in [0.2, 0.25) is 0 Å². The van der Waals surface area contributed by atoms with Crippen LogP contribution in [0.3, 0.4) is 0 Å². The van der Waals surface area contributed by atoms with Gasteiger partial charge in [0.1, 0.15) is 18.2 Å². The lowest BCUT2D eigenvalue weighted by molar-refractivity contribution is -0.121. The number of aromatic nitrogens is 1. The van der Waals surface area contributed by atoms with Crippen LogP contribution in [0.15, 0.2) is 44.7 Å². The van der Waals surface area contributed by atoms with Crippen molar-refractivity contribution in [3.63, 3.8) is 0 Å². The summed E-state index contributed by atoms with van der Waals surface area (Å²) in [5, 5.41) is 13.2. The molecule has 2 aromatic rings. The average molecular weight is 417 g/mol. The number of ether oxygens (including phenoxy) is 1. The summed E-state index contributed by atoms with van der Waals surface area (Å²) in [6, 6.07) is 11.2. The predicted octanol–water partition coefficient (Wildman–Crippen LogP) is 2.09. The second-order valence-corrected chi connectivity index (χ2v) is 6.19. The van der Waals surface area contributed by atoms with Gasteiger partial charge in [0, 0.05) is 22.8 Å². The normalized spacial score (nSPS) is 10.7. The van der Waals surface area contributed by atoms with E-state index in [2.05, 4.69) is 26.5 Å². The van der Waals surface area contributed by atoms with Crippen LogP contribution in [-0.2, 0) is 22.7 Å². The van der Waals surface area contributed by atoms with Gasteiger partial charge in [-0.15, -0.1) is 0 Å². The number of amides is 1. The number of hydrazone groups is 1. The van der Waals surface area contributed by atoms with E-state index in [1.165, 1.54) is 17.9 Å². The quantitative estimate of drug-likeness (QED) is 0.575. The number of nitrogens with one attached hydrogen (secondary N) is 1. The Kier molecular flexibility index (Phi) is 6.83. The Bertz CT molecular complexity index is 930. The molecule has 0 unspecified atom stereocenters. The molecular formula is C18H17BrN4O3. The molecule has 0 aliphatic heterocycles. The van der Waals surface area contributed by atoms with Crippen molar-refractivity contribution in [1.82, 2.24) is 9.99 Å². The fourth-order valence-electron chi connectivity index (χ4n) is 2.35. The fraction of sp³-hybridized carbons (Fsp3) is 0.222. The molecule has 7 nitrogen and oxygen atoms in total. The third-order valence-electron chi connectivity index (χ3n) is 3.65. The van der Waals surface area contributed by atoms with Gasteiger partial charge in [-0.05, 0) is 28.4 Å². The van der Waals surface area contributed by atoms with Crippen molar-refractivity contribution in [3.05, 3.63) is 67.5 Å². The minimum absolute atomic E-state index is 0.0510. The molecule has 0 aliphatic rings. The number of hydrogen-bond acceptors (Lipinski definition) is 5. The van der Waals surface area contributed by atoms with Crippen molar-refractivity contribution in [2.45, 2.75) is 20.1 Å². The number of hydrogen-bond donors (Lipinski definition) is 1. The van der Waals surface area contributed by atoms with E-state index >= 15 is 0 Å². The summed E-state index contributed by atoms with van der Waals surface area (Å²) in [6.45, 7) is 1.55. The minimum Gasteiger partial charge on any atom is -0.380 e. The Morgan fingerprint density at radius 2 is 2.12 bits per heavy atom. The first-order valence-electron chi connectivity index (χ1n) is 7.67. The molecule has 0 atom stereocenters. The molecule has 0 fully saturated rings. The Labute approximate surface area is 159 Å². The van der Waals surface area contributed by atoms with Crippen molar-refractivity contribution in [3.8, 4) is 6.07 Å². The predicted molar refractivity (Wildman–Crippen MR) is 101 cm³/mol. The molecule has 1 aromatic carbocycles. The minimum atomic E-state index is -0.539. The molecule has 1 heterocycles. The van der Waals surface area contributed by atoms with E-state index in [0.29, 0.717) is 15.7 Å². The molecule has 0 bridgehead atoms. The maximum atomic E-state index is 12.5. The molecule has 0 saturated heterocycles. The highest BCUT2D eigenvalue weighted by molar-refractivity contribution is 9.10. The number of nitriles is 1. The van der Waals surface area contributed by atoms with Crippen LogP contribution in [0.1, 0.15) is 22.4 Å². The Morgan fingerprint density at radius 3 is 2.73 bits per heavy atom. The molecule has 2 rings (SSSR count). The zero-order valence-electron chi connectivity index (χ0n) is 14.3. The maximum absolute atomic E-state index is 12.5. The largest absolute Gasteiger partial charge is 0.380 e. The zero-order chi connectivity index (χ0) is 19.1. The van der Waals surface area contributed by atoms with E-state index in [1.807, 2.05) is 36.4 Å². The van der Waals surface area contributed by atoms with Crippen LogP contribution < -0.4 is 11.0 Å². The van der Waals surface area contributed by atoms with Crippen molar-refractivity contribution in [2.75, 3.05) is 7.11 Å². The van der Waals surface area contributed by atoms with Crippen LogP contribution in [0.25, 0.3) is 0 Å². The standard InChI is InChI=1S/C18H17BrN4O3/c1-12-17(19)15(11-26-2)14(8-20)18(25)23(12)10-16(24)22-21-9-13-6-4-3-5-7-13/h3-7,9H,10-11H2,1-2H3,(H,22,24)/b21-9-. The highest BCUT2D eigenvalue weighted by Crippen LogP contribution is 2.23. The second kappa shape index (κ2) is 9.08. The molecule has 8 heteroatoms. The topological polar surface area (TPSA) is 96.5 Å². The summed E-state index contributed by atoms with van der Waals surface area (Å²) in [4.78, 5) is 24.7. The monoisotopic (exact) mass is 416 g/mol. The van der Waals surface area contributed by atoms with Crippen molar-refractivity contribution in [1.29, 1.82) is 5.26 Å². The van der Waals surface area contributed by atoms with Gasteiger partial charge in [-0.25, -0.2) is 5.43 Å². The molecule has 0 aliphatic carbocycles. The van der Waals surface area contributed by atoms with Crippen LogP contribution in [0.4, 0.5) is 0 Å². The van der Waals surface area contributed by atoms with E-state index in [-0.39, 0.29) is 18.7 Å². The first-order chi connectivity index (χ1) is 12.5. The van der Waals surface area contributed by atoms with Gasteiger partial charge in [0.05, 0.1) is 12.8 Å². The molecule has 26 heavy (non-hydrogen) atoms. The molecule has 0 saturated carbocycles. The van der Waals surface area contributed by atoms with Crippen molar-refractivity contribution >= 4 is 28.1 Å². The van der Waals surface area contributed by atoms with Gasteiger partial charge in [0.25, 0.3) is 11.5 Å². The smallest absolute Gasteiger partial charge is 0.269 e. The summed E-state index contributed by atoms with van der Waals surface area (Å²) >= 11 is 3.38. The van der Waals surface area contributed by atoms with E-state index in [4.69, 9.17) is 4.74 Å². The number of carbonyl (C=O) groups excluding carboxylic acids is 1. The number of benzene rings is 1. The SMILES string of the molecule is COCc1c(Br)c(C)n(CC(=O)N/N=C\c2ccccc2)c(=O)c1C#N. The lowest BCUT2D eigenvalue weighted by atomic mass is 10.1. The van der Waals surface area contributed by atoms with Crippen molar-refractivity contribution < 1.29 is 9.53 Å². The molecule has 1 aromatic heterocycles. The number of pyridine rings is 1. The van der Waals surface area contributed by atoms with Crippen LogP contribution in [-0.4, -0.2) is 23.8 Å². The number of nitrogens with zero attached hydrogens (tertiary/aromatic N) is 3. The summed E-state index contributed by atoms with van der Waals surface area (Å²) in [7, 11) is 1.48. The average Bonchev–Trinajstić information content (AvgIpc) is 2.64. The summed E-state index contributed by atoms with van der Waals surface area (Å²) in [5.41, 5.74) is 3.62. The summed E-state index contributed by atoms with van der Waals surface area (Å²) < 4.78 is 6.85. The van der Waals surface area contributed by atoms with E-state index in [0.717, 1.165) is 5.56 Å². The van der Waals surface area contributed by atoms with Gasteiger partial charge < -0.3 is 9.30 Å². The highest BCUT2D eigenvalue weighted by atomic mass is 79.9. The number of rotatable bonds is 6. The van der Waals surface area contributed by atoms with Gasteiger partial charge in [-0.2, -0.15) is 10.4 Å². The van der Waals surface area contributed by atoms with Gasteiger partial charge in [-0.1, -0.05) is 30.3 Å². The fourth-order valence-corrected chi connectivity index (χ4v) is 2.87. The molecule has 0 radical (unpaired) electrons. The highest BCUT2D eigenvalue weighted by Gasteiger charge is 2.19. The molecular weight excluding hydrogens is 400 g/mol. The third kappa shape index (κ3) is 4.45. The van der Waals surface area contributed by atoms with Gasteiger partial charge in [0.2, 0.25) is 0 Å². The first-order valence-corrected chi connectivity index (χ1v) is 8.46. The lowest BCUT2D eigenvalue weighted by Crippen LogP contribution is -2.33. The summed E-state index contributed by atoms with van der Waals surface area (Å²) in [5.74, 6) is -0.474. The number of halogens is 1. The zero-order valence-corrected chi connectivity index (χ0v) is 15.9. The first kappa shape index (κ1) is 19.6. The molecule has 134 valence electrons. The van der Waals surface area contributed by atoms with E-state index in [9.17, 15) is 14.9 Å². The summed E-state index contributed by atoms with van der Waals surface area (Å²) in [6.07, 6.45) is 1.51.